The van der Waals surface area contributed by atoms with Gasteiger partial charge >= 0.3 is 0 Å². The third-order valence-corrected chi connectivity index (χ3v) is 2.77. The highest BCUT2D eigenvalue weighted by Crippen LogP contribution is 2.08. The van der Waals surface area contributed by atoms with Gasteiger partial charge in [0, 0.05) is 18.9 Å². The quantitative estimate of drug-likeness (QED) is 0.853. The number of nitrogens with one attached hydrogen (secondary N) is 1. The van der Waals surface area contributed by atoms with Crippen molar-refractivity contribution >= 4 is 0 Å². The molecule has 0 aliphatic carbocycles. The van der Waals surface area contributed by atoms with Crippen LogP contribution in [0.1, 0.15) is 23.9 Å². The summed E-state index contributed by atoms with van der Waals surface area (Å²) in [5.74, 6) is 1.09. The zero-order valence-corrected chi connectivity index (χ0v) is 10.5. The third kappa shape index (κ3) is 3.17. The molecule has 2 aromatic rings. The van der Waals surface area contributed by atoms with Gasteiger partial charge in [0.25, 0.3) is 0 Å². The summed E-state index contributed by atoms with van der Waals surface area (Å²) in [4.78, 5) is 4.37. The fraction of sp³-hybridized carbons (Fsp3) is 0.357. The highest BCUT2D eigenvalue weighted by Gasteiger charge is 2.02. The molecule has 0 saturated carbocycles. The minimum atomic E-state index is 0.829. The first kappa shape index (κ1) is 11.9. The van der Waals surface area contributed by atoms with Gasteiger partial charge in [-0.15, -0.1) is 0 Å². The molecule has 0 radical (unpaired) electrons. The molecule has 0 aliphatic rings. The Morgan fingerprint density at radius 2 is 2.24 bits per heavy atom. The third-order valence-electron chi connectivity index (χ3n) is 2.77. The molecule has 1 aromatic heterocycles. The molecule has 0 unspecified atom stereocenters. The van der Waals surface area contributed by atoms with E-state index in [1.807, 2.05) is 12.4 Å². The van der Waals surface area contributed by atoms with Crippen molar-refractivity contribution < 1.29 is 0 Å². The number of hydrogen-bond acceptors (Lipinski definition) is 2. The molecule has 3 nitrogen and oxygen atoms in total. The van der Waals surface area contributed by atoms with Crippen molar-refractivity contribution in [1.82, 2.24) is 14.9 Å². The van der Waals surface area contributed by atoms with Crippen molar-refractivity contribution in [3.63, 3.8) is 0 Å². The van der Waals surface area contributed by atoms with Gasteiger partial charge in [0.15, 0.2) is 0 Å². The largest absolute Gasteiger partial charge is 0.329 e. The average molecular weight is 229 g/mol. The van der Waals surface area contributed by atoms with Crippen molar-refractivity contribution in [1.29, 1.82) is 0 Å². The highest BCUT2D eigenvalue weighted by atomic mass is 15.1. The lowest BCUT2D eigenvalue weighted by Gasteiger charge is -2.08. The average Bonchev–Trinajstić information content (AvgIpc) is 2.74. The Morgan fingerprint density at radius 1 is 1.35 bits per heavy atom. The van der Waals surface area contributed by atoms with E-state index in [0.717, 1.165) is 25.5 Å². The van der Waals surface area contributed by atoms with Crippen molar-refractivity contribution in [2.24, 2.45) is 0 Å². The van der Waals surface area contributed by atoms with Gasteiger partial charge in [0.1, 0.15) is 5.82 Å². The molecule has 0 fully saturated rings. The van der Waals surface area contributed by atoms with E-state index in [0.29, 0.717) is 0 Å². The molecule has 0 spiro atoms. The molecule has 0 amide bonds. The van der Waals surface area contributed by atoms with E-state index in [4.69, 9.17) is 0 Å². The van der Waals surface area contributed by atoms with Gasteiger partial charge in [-0.25, -0.2) is 4.98 Å². The Hall–Kier alpha value is -1.61. The van der Waals surface area contributed by atoms with Gasteiger partial charge in [-0.2, -0.15) is 0 Å². The number of benzene rings is 1. The van der Waals surface area contributed by atoms with Gasteiger partial charge in [-0.3, -0.25) is 0 Å². The number of nitrogens with zero attached hydrogens (tertiary/aromatic N) is 2. The Labute approximate surface area is 103 Å². The number of aromatic nitrogens is 2. The standard InChI is InChI=1S/C14H19N3/c1-3-15-10-14-16-7-8-17(14)11-13-6-4-5-12(2)9-13/h4-9,15H,3,10-11H2,1-2H3. The van der Waals surface area contributed by atoms with Crippen LogP contribution in [0.3, 0.4) is 0 Å². The Morgan fingerprint density at radius 3 is 3.00 bits per heavy atom. The van der Waals surface area contributed by atoms with Crippen molar-refractivity contribution in [3.05, 3.63) is 53.6 Å². The van der Waals surface area contributed by atoms with Crippen molar-refractivity contribution in [3.8, 4) is 0 Å². The summed E-state index contributed by atoms with van der Waals surface area (Å²) in [6.45, 7) is 6.92. The van der Waals surface area contributed by atoms with E-state index in [1.165, 1.54) is 11.1 Å². The number of aryl methyl sites for hydroxylation is 1. The van der Waals surface area contributed by atoms with Crippen LogP contribution in [0.2, 0.25) is 0 Å². The fourth-order valence-electron chi connectivity index (χ4n) is 1.90. The van der Waals surface area contributed by atoms with E-state index >= 15 is 0 Å². The van der Waals surface area contributed by atoms with Gasteiger partial charge in [0.05, 0.1) is 6.54 Å². The van der Waals surface area contributed by atoms with Crippen LogP contribution >= 0.6 is 0 Å². The lowest BCUT2D eigenvalue weighted by Crippen LogP contribution is -2.16. The van der Waals surface area contributed by atoms with Crippen molar-refractivity contribution in [2.45, 2.75) is 26.9 Å². The number of rotatable bonds is 5. The molecule has 1 aromatic carbocycles. The Kier molecular flexibility index (Phi) is 3.94. The molecule has 0 bridgehead atoms. The zero-order chi connectivity index (χ0) is 12.1. The molecule has 2 rings (SSSR count). The Balaban J connectivity index is 2.10. The van der Waals surface area contributed by atoms with Gasteiger partial charge in [-0.05, 0) is 19.0 Å². The van der Waals surface area contributed by atoms with E-state index in [9.17, 15) is 0 Å². The van der Waals surface area contributed by atoms with Crippen LogP contribution in [0.5, 0.6) is 0 Å². The maximum absolute atomic E-state index is 4.37. The van der Waals surface area contributed by atoms with Crippen LogP contribution in [0.25, 0.3) is 0 Å². The molecule has 0 aliphatic heterocycles. The summed E-state index contributed by atoms with van der Waals surface area (Å²) < 4.78 is 2.19. The molecular formula is C14H19N3. The first-order valence-electron chi connectivity index (χ1n) is 6.06. The van der Waals surface area contributed by atoms with E-state index < -0.39 is 0 Å². The summed E-state index contributed by atoms with van der Waals surface area (Å²) in [5, 5.41) is 3.30. The molecule has 0 saturated heterocycles. The topological polar surface area (TPSA) is 29.9 Å². The molecule has 0 atom stereocenters. The summed E-state index contributed by atoms with van der Waals surface area (Å²) >= 11 is 0. The lowest BCUT2D eigenvalue weighted by atomic mass is 10.1. The van der Waals surface area contributed by atoms with Gasteiger partial charge in [0.2, 0.25) is 0 Å². The molecule has 3 heteroatoms. The zero-order valence-electron chi connectivity index (χ0n) is 10.5. The van der Waals surface area contributed by atoms with Crippen LogP contribution in [-0.4, -0.2) is 16.1 Å². The SMILES string of the molecule is CCNCc1nccn1Cc1cccc(C)c1. The molecule has 17 heavy (non-hydrogen) atoms. The molecule has 1 heterocycles. The summed E-state index contributed by atoms with van der Waals surface area (Å²) in [7, 11) is 0. The number of imidazole rings is 1. The summed E-state index contributed by atoms with van der Waals surface area (Å²) in [5.41, 5.74) is 2.62. The maximum Gasteiger partial charge on any atom is 0.122 e. The number of hydrogen-bond donors (Lipinski definition) is 1. The normalized spacial score (nSPS) is 10.7. The highest BCUT2D eigenvalue weighted by molar-refractivity contribution is 5.22. The monoisotopic (exact) mass is 229 g/mol. The Bertz CT molecular complexity index is 474. The van der Waals surface area contributed by atoms with Crippen LogP contribution < -0.4 is 5.32 Å². The van der Waals surface area contributed by atoms with Crippen LogP contribution in [0.4, 0.5) is 0 Å². The van der Waals surface area contributed by atoms with E-state index in [1.54, 1.807) is 0 Å². The first-order valence-corrected chi connectivity index (χ1v) is 6.06. The van der Waals surface area contributed by atoms with Crippen LogP contribution in [0, 0.1) is 6.92 Å². The molecular weight excluding hydrogens is 210 g/mol. The summed E-state index contributed by atoms with van der Waals surface area (Å²) in [6, 6.07) is 8.60. The van der Waals surface area contributed by atoms with Crippen LogP contribution in [-0.2, 0) is 13.1 Å². The van der Waals surface area contributed by atoms with Gasteiger partial charge in [-0.1, -0.05) is 36.8 Å². The lowest BCUT2D eigenvalue weighted by molar-refractivity contribution is 0.639. The van der Waals surface area contributed by atoms with E-state index in [-0.39, 0.29) is 0 Å². The van der Waals surface area contributed by atoms with Crippen LogP contribution in [0.15, 0.2) is 36.7 Å². The minimum Gasteiger partial charge on any atom is -0.329 e. The smallest absolute Gasteiger partial charge is 0.122 e. The fourth-order valence-corrected chi connectivity index (χ4v) is 1.90. The molecule has 90 valence electrons. The van der Waals surface area contributed by atoms with Gasteiger partial charge < -0.3 is 9.88 Å². The molecule has 1 N–H and O–H groups in total. The van der Waals surface area contributed by atoms with E-state index in [2.05, 4.69) is 53.0 Å². The first-order chi connectivity index (χ1) is 8.29. The minimum absolute atomic E-state index is 0.829. The summed E-state index contributed by atoms with van der Waals surface area (Å²) in [6.07, 6.45) is 3.90. The predicted octanol–water partition coefficient (Wildman–Crippen LogP) is 2.35. The maximum atomic E-state index is 4.37. The second-order valence-electron chi connectivity index (χ2n) is 4.24. The predicted molar refractivity (Wildman–Crippen MR) is 69.9 cm³/mol. The second-order valence-corrected chi connectivity index (χ2v) is 4.24. The second kappa shape index (κ2) is 5.64. The van der Waals surface area contributed by atoms with Crippen molar-refractivity contribution in [2.75, 3.05) is 6.54 Å².